The van der Waals surface area contributed by atoms with Crippen LogP contribution in [0.5, 0.6) is 0 Å². The van der Waals surface area contributed by atoms with Crippen LogP contribution in [0, 0.1) is 0 Å². The van der Waals surface area contributed by atoms with Gasteiger partial charge in [-0.05, 0) is 60.6 Å². The Balaban J connectivity index is 1.67. The van der Waals surface area contributed by atoms with Crippen molar-refractivity contribution in [3.05, 3.63) is 77.5 Å². The molecule has 1 aromatic heterocycles. The number of hydrogen-bond acceptors (Lipinski definition) is 7. The zero-order chi connectivity index (χ0) is 29.0. The van der Waals surface area contributed by atoms with Crippen molar-refractivity contribution in [2.75, 3.05) is 39.8 Å². The second kappa shape index (κ2) is 15.8. The van der Waals surface area contributed by atoms with E-state index in [1.807, 2.05) is 54.6 Å². The number of amides is 1. The van der Waals surface area contributed by atoms with Crippen molar-refractivity contribution in [1.82, 2.24) is 10.3 Å². The average Bonchev–Trinajstić information content (AvgIpc) is 2.95. The minimum absolute atomic E-state index is 0.0573. The van der Waals surface area contributed by atoms with Crippen molar-refractivity contribution in [2.24, 2.45) is 17.2 Å². The van der Waals surface area contributed by atoms with E-state index in [-0.39, 0.29) is 18.1 Å². The van der Waals surface area contributed by atoms with Crippen LogP contribution in [0.1, 0.15) is 36.0 Å². The Morgan fingerprint density at radius 3 is 2.33 bits per heavy atom. The molecule has 0 aliphatic carbocycles. The first-order chi connectivity index (χ1) is 19.3. The first-order valence-corrected chi connectivity index (χ1v) is 14.7. The van der Waals surface area contributed by atoms with E-state index in [0.717, 1.165) is 58.1 Å². The van der Waals surface area contributed by atoms with E-state index in [9.17, 15) is 9.59 Å². The third-order valence-corrected chi connectivity index (χ3v) is 7.89. The Labute approximate surface area is 243 Å². The van der Waals surface area contributed by atoms with E-state index in [1.54, 1.807) is 6.20 Å². The molecule has 3 aromatic rings. The molecular weight excluding hydrogens is 520 g/mol. The lowest BCUT2D eigenvalue weighted by Gasteiger charge is -2.34. The van der Waals surface area contributed by atoms with Gasteiger partial charge in [0, 0.05) is 36.8 Å². The normalized spacial score (nSPS) is 13.2. The van der Waals surface area contributed by atoms with Crippen LogP contribution in [0.2, 0.25) is 0 Å². The summed E-state index contributed by atoms with van der Waals surface area (Å²) in [6.45, 7) is 3.66. The lowest BCUT2D eigenvalue weighted by molar-refractivity contribution is -0.907. The number of benzene rings is 2. The summed E-state index contributed by atoms with van der Waals surface area (Å²) >= 11 is 4.36. The third-order valence-electron chi connectivity index (χ3n) is 7.52. The first-order valence-electron chi connectivity index (χ1n) is 14.1. The summed E-state index contributed by atoms with van der Waals surface area (Å²) < 4.78 is 0.759. The highest BCUT2D eigenvalue weighted by Crippen LogP contribution is 2.18. The number of nitrogens with one attached hydrogen (secondary N) is 1. The number of thiol groups is 1. The van der Waals surface area contributed by atoms with Crippen LogP contribution >= 0.6 is 12.6 Å². The molecule has 3 rings (SSSR count). The second-order valence-electron chi connectivity index (χ2n) is 10.9. The Kier molecular flexibility index (Phi) is 12.5. The van der Waals surface area contributed by atoms with Gasteiger partial charge in [0.1, 0.15) is 0 Å². The van der Waals surface area contributed by atoms with Gasteiger partial charge >= 0.3 is 0 Å². The number of likely N-dealkylation sites (N-methyl/N-ethyl adjacent to an activating group) is 1. The molecule has 0 aliphatic heterocycles. The number of aromatic nitrogens is 1. The monoisotopic (exact) mass is 565 g/mol. The number of nitrogens with zero attached hydrogens (tertiary/aromatic N) is 2. The van der Waals surface area contributed by atoms with Crippen LogP contribution in [0.25, 0.3) is 10.9 Å². The van der Waals surface area contributed by atoms with Gasteiger partial charge in [0.2, 0.25) is 5.91 Å². The van der Waals surface area contributed by atoms with Gasteiger partial charge in [-0.3, -0.25) is 14.6 Å². The van der Waals surface area contributed by atoms with Crippen molar-refractivity contribution in [1.29, 1.82) is 0 Å². The maximum Gasteiger partial charge on any atom is 0.237 e. The van der Waals surface area contributed by atoms with Crippen LogP contribution in [0.4, 0.5) is 0 Å². The summed E-state index contributed by atoms with van der Waals surface area (Å²) in [4.78, 5) is 31.2. The number of aryl methyl sites for hydroxylation is 1. The molecule has 9 heteroatoms. The number of rotatable bonds is 17. The van der Waals surface area contributed by atoms with Gasteiger partial charge in [-0.15, -0.1) is 0 Å². The first kappa shape index (κ1) is 31.7. The quantitative estimate of drug-likeness (QED) is 0.126. The van der Waals surface area contributed by atoms with Gasteiger partial charge in [-0.25, -0.2) is 0 Å². The van der Waals surface area contributed by atoms with E-state index >= 15 is 0 Å². The molecule has 2 aromatic carbocycles. The van der Waals surface area contributed by atoms with Gasteiger partial charge in [0.25, 0.3) is 0 Å². The van der Waals surface area contributed by atoms with Gasteiger partial charge in [-0.1, -0.05) is 36.4 Å². The van der Waals surface area contributed by atoms with Crippen molar-refractivity contribution < 1.29 is 14.1 Å². The Morgan fingerprint density at radius 1 is 0.950 bits per heavy atom. The summed E-state index contributed by atoms with van der Waals surface area (Å²) in [5.74, 6) is 0.275. The van der Waals surface area contributed by atoms with E-state index < -0.39 is 12.1 Å². The van der Waals surface area contributed by atoms with E-state index in [1.165, 1.54) is 0 Å². The predicted molar refractivity (Wildman–Crippen MR) is 166 cm³/mol. The van der Waals surface area contributed by atoms with Gasteiger partial charge in [0.05, 0.1) is 44.3 Å². The van der Waals surface area contributed by atoms with Crippen molar-refractivity contribution in [2.45, 2.75) is 49.9 Å². The molecule has 0 radical (unpaired) electrons. The minimum atomic E-state index is -0.696. The minimum Gasteiger partial charge on any atom is -0.345 e. The number of hydrogen-bond donors (Lipinski definition) is 5. The molecule has 1 amide bonds. The maximum atomic E-state index is 13.5. The fourth-order valence-corrected chi connectivity index (χ4v) is 5.27. The lowest BCUT2D eigenvalue weighted by Crippen LogP contribution is -2.52. The molecule has 0 aliphatic rings. The molecule has 0 spiro atoms. The molecular formula is C31H45N6O2S+. The van der Waals surface area contributed by atoms with Crippen molar-refractivity contribution in [3.8, 4) is 0 Å². The van der Waals surface area contributed by atoms with Crippen LogP contribution < -0.4 is 22.5 Å². The number of Topliss-reactive ketones (excluding diaryl/α,β-unsaturated/α-hetero) is 1. The van der Waals surface area contributed by atoms with Gasteiger partial charge in [-0.2, -0.15) is 12.6 Å². The molecule has 0 saturated heterocycles. The molecule has 0 saturated carbocycles. The summed E-state index contributed by atoms with van der Waals surface area (Å²) in [5.41, 5.74) is 21.8. The summed E-state index contributed by atoms with van der Waals surface area (Å²) in [6.07, 6.45) is 4.37. The Hall–Kier alpha value is -2.82. The zero-order valence-electron chi connectivity index (χ0n) is 23.6. The number of ketones is 1. The lowest BCUT2D eigenvalue weighted by atomic mass is 9.97. The Bertz CT molecular complexity index is 1230. The standard InChI is InChI=1S/C31H44N6O2S/c1-37(16-13-32,17-14-33)15-5-8-27(34)31(39)36-29(12-9-23-6-3-2-4-7-23)30(38)20-25-19-26-18-24(22-40)10-11-28(26)35-21-25/h2-4,6-7,10-11,18-19,21,27,29H,5,8-9,12-17,20,22,32-34H2,1H3,(H-,36,39,40)/p+1/t27-,29+/m0/s1. The molecule has 7 N–H and O–H groups in total. The fourth-order valence-electron chi connectivity index (χ4n) is 5.08. The molecule has 0 bridgehead atoms. The van der Waals surface area contributed by atoms with Crippen molar-refractivity contribution in [3.63, 3.8) is 0 Å². The van der Waals surface area contributed by atoms with Crippen LogP contribution in [-0.2, 0) is 28.2 Å². The highest BCUT2D eigenvalue weighted by atomic mass is 32.1. The SMILES string of the molecule is C[N+](CCN)(CCN)CCC[C@H](N)C(=O)N[C@H](CCc1ccccc1)C(=O)Cc1cnc2ccc(CS)cc2c1. The molecule has 0 unspecified atom stereocenters. The highest BCUT2D eigenvalue weighted by molar-refractivity contribution is 7.79. The topological polar surface area (TPSA) is 137 Å². The van der Waals surface area contributed by atoms with Gasteiger partial charge in [0.15, 0.2) is 5.78 Å². The number of carbonyl (C=O) groups excluding carboxylic acids is 2. The number of pyridine rings is 1. The number of carbonyl (C=O) groups is 2. The van der Waals surface area contributed by atoms with E-state index in [4.69, 9.17) is 17.2 Å². The molecule has 0 fully saturated rings. The molecule has 216 valence electrons. The van der Waals surface area contributed by atoms with Crippen LogP contribution in [0.3, 0.4) is 0 Å². The number of fused-ring (bicyclic) bond motifs is 1. The largest absolute Gasteiger partial charge is 0.345 e. The third kappa shape index (κ3) is 9.67. The average molecular weight is 566 g/mol. The smallest absolute Gasteiger partial charge is 0.237 e. The van der Waals surface area contributed by atoms with Crippen LogP contribution in [0.15, 0.2) is 60.8 Å². The van der Waals surface area contributed by atoms with E-state index in [0.29, 0.717) is 38.1 Å². The number of quaternary nitrogens is 1. The van der Waals surface area contributed by atoms with Gasteiger partial charge < -0.3 is 27.0 Å². The van der Waals surface area contributed by atoms with Crippen LogP contribution in [-0.4, -0.2) is 73.0 Å². The molecule has 1 heterocycles. The molecule has 40 heavy (non-hydrogen) atoms. The Morgan fingerprint density at radius 2 is 1.65 bits per heavy atom. The zero-order valence-corrected chi connectivity index (χ0v) is 24.5. The highest BCUT2D eigenvalue weighted by Gasteiger charge is 2.25. The predicted octanol–water partition coefficient (Wildman–Crippen LogP) is 2.37. The summed E-state index contributed by atoms with van der Waals surface area (Å²) in [7, 11) is 2.13. The van der Waals surface area contributed by atoms with E-state index in [2.05, 4.69) is 30.0 Å². The maximum absolute atomic E-state index is 13.5. The molecule has 2 atom stereocenters. The summed E-state index contributed by atoms with van der Waals surface area (Å²) in [5, 5.41) is 3.94. The number of nitrogens with two attached hydrogens (primary N) is 3. The summed E-state index contributed by atoms with van der Waals surface area (Å²) in [6, 6.07) is 16.6. The van der Waals surface area contributed by atoms with Crippen molar-refractivity contribution >= 4 is 35.2 Å². The molecule has 8 nitrogen and oxygen atoms in total. The fraction of sp³-hybridized carbons (Fsp3) is 0.452. The second-order valence-corrected chi connectivity index (χ2v) is 11.2.